The number of ether oxygens (including phenoxy) is 14. The highest BCUT2D eigenvalue weighted by molar-refractivity contribution is 5.76. The predicted molar refractivity (Wildman–Crippen MR) is 416 cm³/mol. The van der Waals surface area contributed by atoms with Gasteiger partial charge in [0.05, 0.1) is 64.5 Å². The minimum Gasteiger partial charge on any atom is -0.394 e. The molecule has 0 spiro atoms. The Kier molecular flexibility index (Phi) is 46.3. The Morgan fingerprint density at radius 3 is 1.21 bits per heavy atom. The molecule has 0 aromatic heterocycles. The van der Waals surface area contributed by atoms with Gasteiger partial charge in [-0.15, -0.1) is 0 Å². The van der Waals surface area contributed by atoms with E-state index >= 15 is 0 Å². The number of unbranched alkanes of at least 4 members (excludes halogenated alkanes) is 23. The van der Waals surface area contributed by atoms with Crippen LogP contribution in [0.4, 0.5) is 0 Å². The molecule has 7 aliphatic rings. The number of aliphatic hydroxyl groups excluding tert-OH is 20. The van der Waals surface area contributed by atoms with E-state index in [0.29, 0.717) is 12.8 Å². The second-order valence-corrected chi connectivity index (χ2v) is 32.7. The van der Waals surface area contributed by atoms with Crippen molar-refractivity contribution >= 4 is 17.7 Å². The van der Waals surface area contributed by atoms with Crippen molar-refractivity contribution < 1.29 is 183 Å². The molecule has 0 saturated carbocycles. The van der Waals surface area contributed by atoms with Crippen LogP contribution < -0.4 is 16.0 Å². The number of aliphatic hydroxyl groups is 20. The van der Waals surface area contributed by atoms with E-state index in [-0.39, 0.29) is 12.3 Å². The lowest BCUT2D eigenvalue weighted by Gasteiger charge is -2.52. The minimum atomic E-state index is -2.47. The smallest absolute Gasteiger partial charge is 0.220 e. The van der Waals surface area contributed by atoms with Gasteiger partial charge >= 0.3 is 0 Å². The monoisotopic (exact) mass is 1740 g/mol. The van der Waals surface area contributed by atoms with Crippen molar-refractivity contribution in [3.8, 4) is 0 Å². The Morgan fingerprint density at radius 1 is 0.342 bits per heavy atom. The third-order valence-corrected chi connectivity index (χ3v) is 23.3. The summed E-state index contributed by atoms with van der Waals surface area (Å²) in [7, 11) is 0. The first-order chi connectivity index (χ1) is 57.5. The molecule has 700 valence electrons. The standard InChI is InChI=1S/C80H143N3O37/c1-6-8-10-12-14-16-18-20-22-24-26-28-30-32-45(92)44(83-52(93)33-31-29-27-25-23-21-19-17-15-13-11-9-7-2)40-107-76-65(104)62(101)68(49(37-87)113-76)115-80-67(106)73(70(51(39-89)114-80)116-74-53(81-42(4)90)59(98)56(95)46(34-84)109-74)120-79-66(105)72(58(97)48(36-86)111-79)119-75-54(82-43(5)91)71(118-77-63(102)60(99)55(94)41(3)108-77)69(50(38-88)112-75)117-78-64(103)61(100)57(96)47(35-85)110-78/h30,32,41,44-51,53-80,84-89,92,94-106H,6-29,31,33-40H2,1-5H3,(H,81,90)(H,82,91)(H,83,93)/b32-30+/t41?,44-,45+,46?,47?,48?,49?,50?,51?,53?,54?,55+,56-,57-,58-,59+,60?,61-,62+,63-,64?,65?,66?,67?,68+,69+,70-,71+,72-,73+,74-,75-,76+,77+,78-,79+,80-/m0/s1. The quantitative estimate of drug-likeness (QED) is 0.0202. The highest BCUT2D eigenvalue weighted by atomic mass is 16.8. The van der Waals surface area contributed by atoms with E-state index < -0.39 is 285 Å². The van der Waals surface area contributed by atoms with E-state index in [1.54, 1.807) is 6.08 Å². The molecular formula is C80H143N3O37. The van der Waals surface area contributed by atoms with Crippen LogP contribution in [-0.4, -0.2) is 393 Å². The SMILES string of the molecule is CCCCCCCCCCCCC/C=C/[C@@H](O)[C@H](CO[C@@H]1OC(CO)[C@@H](O[C@@H]2OC(CO)[C@H](O[C@@H]3OC(CO)[C@H](O)[C@H](O)C3NC(C)=O)[C@H](O[C@H]3OC(CO)[C@H](O)[C@H](O[C@@H]4OC(CO)[C@@H](O[C@@H]5OC(CO)[C@H](O)[C@H](O)C5O)[C@H](O[C@H]5OC(C)[C@@H](O)C(O)[C@@H]5O)C4NC(C)=O)C3O)C2O)[C@H](O)C1O)NC(=O)CCCCCCCCCCCCCCC. The minimum absolute atomic E-state index is 0.132. The molecule has 7 aliphatic heterocycles. The van der Waals surface area contributed by atoms with Gasteiger partial charge in [-0.25, -0.2) is 0 Å². The Balaban J connectivity index is 1.14. The summed E-state index contributed by atoms with van der Waals surface area (Å²) in [5.74, 6) is -2.16. The van der Waals surface area contributed by atoms with E-state index in [0.717, 1.165) is 71.6 Å². The van der Waals surface area contributed by atoms with Crippen molar-refractivity contribution in [3.05, 3.63) is 12.2 Å². The summed E-state index contributed by atoms with van der Waals surface area (Å²) in [6.07, 6.45) is -36.6. The molecule has 0 aromatic rings. The fourth-order valence-electron chi connectivity index (χ4n) is 16.2. The zero-order valence-corrected chi connectivity index (χ0v) is 69.7. The molecule has 40 heteroatoms. The van der Waals surface area contributed by atoms with Gasteiger partial charge in [-0.2, -0.15) is 0 Å². The van der Waals surface area contributed by atoms with E-state index in [1.165, 1.54) is 96.8 Å². The number of nitrogens with one attached hydrogen (secondary N) is 3. The summed E-state index contributed by atoms with van der Waals surface area (Å²) >= 11 is 0. The first kappa shape index (κ1) is 104. The van der Waals surface area contributed by atoms with Gasteiger partial charge in [-0.05, 0) is 26.2 Å². The highest BCUT2D eigenvalue weighted by Gasteiger charge is 2.60. The van der Waals surface area contributed by atoms with E-state index in [1.807, 2.05) is 6.08 Å². The third kappa shape index (κ3) is 29.7. The van der Waals surface area contributed by atoms with Crippen LogP contribution in [0.15, 0.2) is 12.2 Å². The lowest BCUT2D eigenvalue weighted by molar-refractivity contribution is -0.404. The number of amides is 3. The van der Waals surface area contributed by atoms with Crippen LogP contribution in [0.5, 0.6) is 0 Å². The second-order valence-electron chi connectivity index (χ2n) is 32.7. The predicted octanol–water partition coefficient (Wildman–Crippen LogP) is -4.35. The molecule has 0 aromatic carbocycles. The maximum atomic E-state index is 13.7. The van der Waals surface area contributed by atoms with Crippen molar-refractivity contribution in [2.24, 2.45) is 0 Å². The Morgan fingerprint density at radius 2 is 0.692 bits per heavy atom. The summed E-state index contributed by atoms with van der Waals surface area (Å²) in [4.78, 5) is 39.8. The lowest BCUT2D eigenvalue weighted by atomic mass is 9.93. The molecule has 120 heavy (non-hydrogen) atoms. The van der Waals surface area contributed by atoms with Gasteiger partial charge < -0.3 is 184 Å². The van der Waals surface area contributed by atoms with Crippen LogP contribution >= 0.6 is 0 Å². The van der Waals surface area contributed by atoms with Gasteiger partial charge in [-0.1, -0.05) is 167 Å². The zero-order chi connectivity index (χ0) is 87.9. The lowest BCUT2D eigenvalue weighted by Crippen LogP contribution is -2.71. The molecule has 23 N–H and O–H groups in total. The highest BCUT2D eigenvalue weighted by Crippen LogP contribution is 2.40. The molecule has 7 rings (SSSR count). The number of hydrogen-bond donors (Lipinski definition) is 23. The van der Waals surface area contributed by atoms with Crippen molar-refractivity contribution in [1.29, 1.82) is 0 Å². The van der Waals surface area contributed by atoms with Crippen LogP contribution in [0.2, 0.25) is 0 Å². The molecule has 7 saturated heterocycles. The van der Waals surface area contributed by atoms with Crippen molar-refractivity contribution in [1.82, 2.24) is 16.0 Å². The summed E-state index contributed by atoms with van der Waals surface area (Å²) in [6.45, 7) is 0.703. The maximum Gasteiger partial charge on any atom is 0.220 e. The Labute approximate surface area is 700 Å². The van der Waals surface area contributed by atoms with Crippen LogP contribution in [0.25, 0.3) is 0 Å². The molecule has 3 amide bonds. The third-order valence-electron chi connectivity index (χ3n) is 23.3. The molecular weight excluding hydrogens is 1590 g/mol. The summed E-state index contributed by atoms with van der Waals surface area (Å²) in [5.41, 5.74) is 0. The van der Waals surface area contributed by atoms with Crippen LogP contribution in [0.1, 0.15) is 202 Å². The summed E-state index contributed by atoms with van der Waals surface area (Å²) in [5, 5.41) is 233. The number of carbonyl (C=O) groups is 3. The normalized spacial score (nSPS) is 39.4. The fraction of sp³-hybridized carbons (Fsp3) is 0.938. The van der Waals surface area contributed by atoms with Crippen LogP contribution in [0.3, 0.4) is 0 Å². The van der Waals surface area contributed by atoms with Gasteiger partial charge in [0.15, 0.2) is 44.0 Å². The first-order valence-corrected chi connectivity index (χ1v) is 43.3. The Bertz CT molecular complexity index is 2870. The van der Waals surface area contributed by atoms with Crippen molar-refractivity contribution in [2.45, 2.75) is 429 Å². The largest absolute Gasteiger partial charge is 0.394 e. The number of rotatable bonds is 52. The molecule has 0 bridgehead atoms. The number of hydrogen-bond acceptors (Lipinski definition) is 37. The summed E-state index contributed by atoms with van der Waals surface area (Å²) in [6, 6.07) is -4.83. The molecule has 37 atom stereocenters. The fourth-order valence-corrected chi connectivity index (χ4v) is 16.2. The topological polar surface area (TPSA) is 621 Å². The van der Waals surface area contributed by atoms with Crippen LogP contribution in [0, 0.1) is 0 Å². The van der Waals surface area contributed by atoms with Gasteiger partial charge in [0, 0.05) is 20.3 Å². The molecule has 40 nitrogen and oxygen atoms in total. The zero-order valence-electron chi connectivity index (χ0n) is 69.7. The number of allylic oxidation sites excluding steroid dienone is 1. The van der Waals surface area contributed by atoms with Gasteiger partial charge in [0.25, 0.3) is 0 Å². The van der Waals surface area contributed by atoms with E-state index in [9.17, 15) is 117 Å². The van der Waals surface area contributed by atoms with E-state index in [2.05, 4.69) is 29.8 Å². The Hall–Kier alpha value is -3.21. The van der Waals surface area contributed by atoms with Crippen LogP contribution in [-0.2, 0) is 80.7 Å². The van der Waals surface area contributed by atoms with Crippen molar-refractivity contribution in [2.75, 3.05) is 46.2 Å². The van der Waals surface area contributed by atoms with E-state index in [4.69, 9.17) is 66.3 Å². The average molecular weight is 1740 g/mol. The second kappa shape index (κ2) is 53.6. The molecule has 7 fully saturated rings. The number of carbonyl (C=O) groups excluding carboxylic acids is 3. The van der Waals surface area contributed by atoms with Crippen molar-refractivity contribution in [3.63, 3.8) is 0 Å². The molecule has 14 unspecified atom stereocenters. The summed E-state index contributed by atoms with van der Waals surface area (Å²) < 4.78 is 85.2. The maximum absolute atomic E-state index is 13.7. The molecule has 0 aliphatic carbocycles. The van der Waals surface area contributed by atoms with Gasteiger partial charge in [0.2, 0.25) is 17.7 Å². The van der Waals surface area contributed by atoms with Gasteiger partial charge in [0.1, 0.15) is 165 Å². The van der Waals surface area contributed by atoms with Gasteiger partial charge in [-0.3, -0.25) is 14.4 Å². The molecule has 0 radical (unpaired) electrons. The molecule has 7 heterocycles. The first-order valence-electron chi connectivity index (χ1n) is 43.3. The average Bonchev–Trinajstić information content (AvgIpc) is 0.760.